The van der Waals surface area contributed by atoms with Crippen LogP contribution in [0.1, 0.15) is 0 Å². The van der Waals surface area contributed by atoms with E-state index in [-0.39, 0.29) is 0 Å². The van der Waals surface area contributed by atoms with Crippen LogP contribution in [0.4, 0.5) is 0 Å². The maximum Gasteiger partial charge on any atom is 0.164 e. The van der Waals surface area contributed by atoms with Crippen molar-refractivity contribution in [3.8, 4) is 56.4 Å². The second-order valence-electron chi connectivity index (χ2n) is 14.5. The Morgan fingerprint density at radius 1 is 0.293 bits per heavy atom. The molecule has 4 heterocycles. The number of pyridine rings is 1. The Morgan fingerprint density at radius 2 is 0.759 bits per heavy atom. The van der Waals surface area contributed by atoms with Crippen molar-refractivity contribution in [2.45, 2.75) is 0 Å². The highest BCUT2D eigenvalue weighted by Gasteiger charge is 2.21. The van der Waals surface area contributed by atoms with E-state index in [4.69, 9.17) is 23.8 Å². The molecule has 0 aliphatic rings. The van der Waals surface area contributed by atoms with Crippen LogP contribution in [-0.2, 0) is 0 Å². The molecule has 4 aromatic heterocycles. The molecule has 12 rings (SSSR count). The van der Waals surface area contributed by atoms with Crippen LogP contribution in [0.15, 0.2) is 191 Å². The zero-order valence-electron chi connectivity index (χ0n) is 30.9. The topological polar surface area (TPSA) is 77.8 Å². The highest BCUT2D eigenvalue weighted by Crippen LogP contribution is 2.44. The second kappa shape index (κ2) is 12.8. The molecule has 0 radical (unpaired) electrons. The molecule has 6 nitrogen and oxygen atoms in total. The van der Waals surface area contributed by atoms with Gasteiger partial charge in [-0.25, -0.2) is 15.0 Å². The van der Waals surface area contributed by atoms with E-state index < -0.39 is 0 Å². The van der Waals surface area contributed by atoms with E-state index >= 15 is 0 Å². The van der Waals surface area contributed by atoms with E-state index in [0.29, 0.717) is 17.5 Å². The molecule has 0 fully saturated rings. The largest absolute Gasteiger partial charge is 0.456 e. The van der Waals surface area contributed by atoms with Crippen LogP contribution in [0.2, 0.25) is 0 Å². The van der Waals surface area contributed by atoms with E-state index in [1.54, 1.807) is 12.4 Å². The van der Waals surface area contributed by atoms with Gasteiger partial charge in [0.1, 0.15) is 16.7 Å². The summed E-state index contributed by atoms with van der Waals surface area (Å²) in [5.41, 5.74) is 10.6. The van der Waals surface area contributed by atoms with Crippen molar-refractivity contribution in [1.82, 2.24) is 19.9 Å². The predicted octanol–water partition coefficient (Wildman–Crippen LogP) is 13.7. The maximum atomic E-state index is 6.29. The van der Waals surface area contributed by atoms with Crippen molar-refractivity contribution >= 4 is 65.4 Å². The van der Waals surface area contributed by atoms with E-state index in [1.165, 1.54) is 16.3 Å². The van der Waals surface area contributed by atoms with Crippen molar-refractivity contribution in [2.75, 3.05) is 0 Å². The van der Waals surface area contributed by atoms with E-state index in [0.717, 1.165) is 88.0 Å². The first-order valence-electron chi connectivity index (χ1n) is 19.3. The van der Waals surface area contributed by atoms with Crippen LogP contribution >= 0.6 is 0 Å². The first-order chi connectivity index (χ1) is 28.8. The number of aromatic nitrogens is 4. The molecule has 12 aromatic rings. The van der Waals surface area contributed by atoms with E-state index in [1.807, 2.05) is 60.7 Å². The predicted molar refractivity (Wildman–Crippen MR) is 234 cm³/mol. The molecule has 0 saturated carbocycles. The molecule has 0 aliphatic carbocycles. The number of nitrogens with zero attached hydrogens (tertiary/aromatic N) is 4. The molecule has 0 N–H and O–H groups in total. The van der Waals surface area contributed by atoms with Crippen LogP contribution in [0.3, 0.4) is 0 Å². The van der Waals surface area contributed by atoms with Gasteiger partial charge in [-0.2, -0.15) is 0 Å². The summed E-state index contributed by atoms with van der Waals surface area (Å²) in [7, 11) is 0. The Bertz CT molecular complexity index is 3590. The van der Waals surface area contributed by atoms with Gasteiger partial charge in [0.15, 0.2) is 23.1 Å². The van der Waals surface area contributed by atoms with Gasteiger partial charge in [-0.05, 0) is 74.1 Å². The Hall–Kier alpha value is -7.96. The quantitative estimate of drug-likeness (QED) is 0.175. The molecule has 0 bridgehead atoms. The second-order valence-corrected chi connectivity index (χ2v) is 14.5. The molecule has 0 amide bonds. The summed E-state index contributed by atoms with van der Waals surface area (Å²) in [5, 5.41) is 8.68. The normalized spacial score (nSPS) is 11.8. The fourth-order valence-corrected chi connectivity index (χ4v) is 8.70. The number of rotatable bonds is 5. The SMILES string of the molecule is c1ccc(-c2nc(-c3ccc(-c4ccc(-c5cccc6oc7ccccc7c56)c5ccccc45)c4ccccc34)nc(-c3cccc4oc5cnccc5c34)n2)cc1. The van der Waals surface area contributed by atoms with Gasteiger partial charge in [0, 0.05) is 44.4 Å². The monoisotopic (exact) mass is 742 g/mol. The molecule has 0 atom stereocenters. The average molecular weight is 743 g/mol. The van der Waals surface area contributed by atoms with Gasteiger partial charge < -0.3 is 8.83 Å². The van der Waals surface area contributed by atoms with Gasteiger partial charge in [-0.15, -0.1) is 0 Å². The molecular weight excluding hydrogens is 713 g/mol. The third-order valence-electron chi connectivity index (χ3n) is 11.3. The molecule has 270 valence electrons. The van der Waals surface area contributed by atoms with Gasteiger partial charge in [-0.3, -0.25) is 4.98 Å². The smallest absolute Gasteiger partial charge is 0.164 e. The fourth-order valence-electron chi connectivity index (χ4n) is 8.70. The fraction of sp³-hybridized carbons (Fsp3) is 0. The van der Waals surface area contributed by atoms with Crippen molar-refractivity contribution in [3.05, 3.63) is 182 Å². The van der Waals surface area contributed by atoms with Crippen LogP contribution in [0.5, 0.6) is 0 Å². The Labute approximate surface area is 331 Å². The molecule has 8 aromatic carbocycles. The lowest BCUT2D eigenvalue weighted by Gasteiger charge is -2.16. The molecule has 0 unspecified atom stereocenters. The van der Waals surface area contributed by atoms with Gasteiger partial charge in [-0.1, -0.05) is 140 Å². The summed E-state index contributed by atoms with van der Waals surface area (Å²) in [4.78, 5) is 19.8. The average Bonchev–Trinajstić information content (AvgIpc) is 3.87. The van der Waals surface area contributed by atoms with Gasteiger partial charge in [0.05, 0.1) is 6.20 Å². The number of fused-ring (bicyclic) bond motifs is 8. The Kier molecular flexibility index (Phi) is 7.13. The molecule has 0 aliphatic heterocycles. The Balaban J connectivity index is 1.06. The van der Waals surface area contributed by atoms with Crippen molar-refractivity contribution in [1.29, 1.82) is 0 Å². The lowest BCUT2D eigenvalue weighted by atomic mass is 9.88. The minimum Gasteiger partial charge on any atom is -0.456 e. The standard InChI is InChI=1S/C52H30N4O2/c1-2-12-31(13-3-1)50-54-51(56-52(55-50)43-20-11-23-46-49(43)42-28-29-53-30-47(42)58-46)40-27-26-37(34-16-6-7-17-35(34)40)36-24-25-38(33-15-5-4-14-32(33)36)39-19-10-22-45-48(39)41-18-8-9-21-44(41)57-45/h1-30H. The number of hydrogen-bond donors (Lipinski definition) is 0. The van der Waals surface area contributed by atoms with E-state index in [2.05, 4.69) is 114 Å². The van der Waals surface area contributed by atoms with Crippen molar-refractivity contribution in [3.63, 3.8) is 0 Å². The van der Waals surface area contributed by atoms with Gasteiger partial charge in [0.2, 0.25) is 0 Å². The van der Waals surface area contributed by atoms with Gasteiger partial charge >= 0.3 is 0 Å². The summed E-state index contributed by atoms with van der Waals surface area (Å²) >= 11 is 0. The summed E-state index contributed by atoms with van der Waals surface area (Å²) < 4.78 is 12.5. The Morgan fingerprint density at radius 3 is 1.45 bits per heavy atom. The maximum absolute atomic E-state index is 6.29. The van der Waals surface area contributed by atoms with Crippen LogP contribution in [0, 0.1) is 0 Å². The number of benzene rings is 8. The zero-order valence-corrected chi connectivity index (χ0v) is 30.9. The van der Waals surface area contributed by atoms with Crippen LogP contribution < -0.4 is 0 Å². The number of furan rings is 2. The zero-order chi connectivity index (χ0) is 38.2. The minimum absolute atomic E-state index is 0.573. The van der Waals surface area contributed by atoms with Gasteiger partial charge in [0.25, 0.3) is 0 Å². The van der Waals surface area contributed by atoms with Crippen molar-refractivity contribution in [2.24, 2.45) is 0 Å². The molecule has 0 saturated heterocycles. The number of hydrogen-bond acceptors (Lipinski definition) is 6. The highest BCUT2D eigenvalue weighted by atomic mass is 16.3. The third-order valence-corrected chi connectivity index (χ3v) is 11.3. The molecular formula is C52H30N4O2. The van der Waals surface area contributed by atoms with Crippen LogP contribution in [0.25, 0.3) is 122 Å². The van der Waals surface area contributed by atoms with Crippen LogP contribution in [-0.4, -0.2) is 19.9 Å². The first kappa shape index (κ1) is 32.3. The van der Waals surface area contributed by atoms with Crippen molar-refractivity contribution < 1.29 is 8.83 Å². The summed E-state index contributed by atoms with van der Waals surface area (Å²) in [6.07, 6.45) is 3.54. The molecule has 58 heavy (non-hydrogen) atoms. The first-order valence-corrected chi connectivity index (χ1v) is 19.3. The molecule has 6 heteroatoms. The minimum atomic E-state index is 0.573. The number of para-hydroxylation sites is 1. The lowest BCUT2D eigenvalue weighted by molar-refractivity contribution is 0.667. The third kappa shape index (κ3) is 4.98. The van der Waals surface area contributed by atoms with E-state index in [9.17, 15) is 0 Å². The molecule has 0 spiro atoms. The summed E-state index contributed by atoms with van der Waals surface area (Å²) in [5.74, 6) is 1.77. The summed E-state index contributed by atoms with van der Waals surface area (Å²) in [6.45, 7) is 0. The summed E-state index contributed by atoms with van der Waals surface area (Å²) in [6, 6.07) is 58.8. The highest BCUT2D eigenvalue weighted by molar-refractivity contribution is 6.18. The lowest BCUT2D eigenvalue weighted by Crippen LogP contribution is -2.01.